The SMILES string of the molecule is CCC(CC(=O)O)CN1CC2(CCC2)C1. The Kier molecular flexibility index (Phi) is 3.01. The maximum absolute atomic E-state index is 10.6. The Balaban J connectivity index is 1.70. The van der Waals surface area contributed by atoms with Crippen LogP contribution >= 0.6 is 0 Å². The number of likely N-dealkylation sites (tertiary alicyclic amines) is 1. The molecule has 1 spiro atoms. The zero-order chi connectivity index (χ0) is 10.9. The summed E-state index contributed by atoms with van der Waals surface area (Å²) >= 11 is 0. The van der Waals surface area contributed by atoms with E-state index >= 15 is 0 Å². The molecule has 0 radical (unpaired) electrons. The van der Waals surface area contributed by atoms with Crippen molar-refractivity contribution in [1.29, 1.82) is 0 Å². The van der Waals surface area contributed by atoms with Crippen LogP contribution in [0.25, 0.3) is 0 Å². The van der Waals surface area contributed by atoms with Gasteiger partial charge in [0.15, 0.2) is 0 Å². The Bertz CT molecular complexity index is 240. The molecule has 2 fully saturated rings. The molecule has 2 rings (SSSR count). The lowest BCUT2D eigenvalue weighted by Gasteiger charge is -2.56. The van der Waals surface area contributed by atoms with Gasteiger partial charge in [0.05, 0.1) is 0 Å². The summed E-state index contributed by atoms with van der Waals surface area (Å²) in [5, 5.41) is 8.76. The van der Waals surface area contributed by atoms with Crippen LogP contribution in [-0.4, -0.2) is 35.6 Å². The molecule has 1 saturated heterocycles. The van der Waals surface area contributed by atoms with E-state index in [2.05, 4.69) is 11.8 Å². The van der Waals surface area contributed by atoms with Gasteiger partial charge in [-0.15, -0.1) is 0 Å². The summed E-state index contributed by atoms with van der Waals surface area (Å²) in [6.45, 7) is 5.53. The lowest BCUT2D eigenvalue weighted by Crippen LogP contribution is -2.60. The molecule has 0 aromatic heterocycles. The fourth-order valence-electron chi connectivity index (χ4n) is 2.97. The Labute approximate surface area is 91.5 Å². The van der Waals surface area contributed by atoms with Crippen molar-refractivity contribution in [2.75, 3.05) is 19.6 Å². The van der Waals surface area contributed by atoms with Crippen molar-refractivity contribution in [3.05, 3.63) is 0 Å². The number of nitrogens with zero attached hydrogens (tertiary/aromatic N) is 1. The van der Waals surface area contributed by atoms with Crippen molar-refractivity contribution in [3.8, 4) is 0 Å². The van der Waals surface area contributed by atoms with Gasteiger partial charge in [0.2, 0.25) is 0 Å². The summed E-state index contributed by atoms with van der Waals surface area (Å²) < 4.78 is 0. The van der Waals surface area contributed by atoms with Gasteiger partial charge in [0, 0.05) is 26.1 Å². The van der Waals surface area contributed by atoms with Crippen molar-refractivity contribution in [1.82, 2.24) is 4.90 Å². The average molecular weight is 211 g/mol. The molecule has 0 amide bonds. The predicted molar refractivity (Wildman–Crippen MR) is 58.8 cm³/mol. The van der Waals surface area contributed by atoms with E-state index in [1.807, 2.05) is 0 Å². The molecule has 1 unspecified atom stereocenters. The van der Waals surface area contributed by atoms with Gasteiger partial charge >= 0.3 is 5.97 Å². The van der Waals surface area contributed by atoms with Crippen molar-refractivity contribution in [2.24, 2.45) is 11.3 Å². The van der Waals surface area contributed by atoms with E-state index in [1.165, 1.54) is 32.4 Å². The third-order valence-electron chi connectivity index (χ3n) is 4.09. The second-order valence-corrected chi connectivity index (χ2v) is 5.40. The van der Waals surface area contributed by atoms with Gasteiger partial charge in [0.25, 0.3) is 0 Å². The quantitative estimate of drug-likeness (QED) is 0.756. The minimum Gasteiger partial charge on any atom is -0.481 e. The first kappa shape index (κ1) is 10.9. The number of carboxylic acids is 1. The number of hydrogen-bond acceptors (Lipinski definition) is 2. The fraction of sp³-hybridized carbons (Fsp3) is 0.917. The summed E-state index contributed by atoms with van der Waals surface area (Å²) in [4.78, 5) is 13.1. The normalized spacial score (nSPS) is 25.7. The molecule has 0 bridgehead atoms. The van der Waals surface area contributed by atoms with E-state index in [9.17, 15) is 4.79 Å². The lowest BCUT2D eigenvalue weighted by atomic mass is 9.63. The number of rotatable bonds is 5. The van der Waals surface area contributed by atoms with Gasteiger partial charge in [-0.1, -0.05) is 19.8 Å². The zero-order valence-corrected chi connectivity index (χ0v) is 9.54. The number of carboxylic acid groups (broad SMARTS) is 1. The maximum Gasteiger partial charge on any atom is 0.303 e. The highest BCUT2D eigenvalue weighted by Crippen LogP contribution is 2.48. The first-order chi connectivity index (χ1) is 7.13. The summed E-state index contributed by atoms with van der Waals surface area (Å²) in [6, 6.07) is 0. The molecular weight excluding hydrogens is 190 g/mol. The van der Waals surface area contributed by atoms with Crippen molar-refractivity contribution >= 4 is 5.97 Å². The second kappa shape index (κ2) is 4.12. The number of hydrogen-bond donors (Lipinski definition) is 1. The van der Waals surface area contributed by atoms with Gasteiger partial charge in [-0.25, -0.2) is 0 Å². The van der Waals surface area contributed by atoms with Crippen LogP contribution in [0, 0.1) is 11.3 Å². The van der Waals surface area contributed by atoms with Crippen LogP contribution in [0.3, 0.4) is 0 Å². The summed E-state index contributed by atoms with van der Waals surface area (Å²) in [5.74, 6) is -0.305. The molecule has 3 nitrogen and oxygen atoms in total. The van der Waals surface area contributed by atoms with Gasteiger partial charge in [-0.05, 0) is 24.2 Å². The van der Waals surface area contributed by atoms with Crippen LogP contribution in [0.4, 0.5) is 0 Å². The molecule has 1 aliphatic heterocycles. The van der Waals surface area contributed by atoms with E-state index in [1.54, 1.807) is 0 Å². The zero-order valence-electron chi connectivity index (χ0n) is 9.54. The van der Waals surface area contributed by atoms with E-state index in [0.717, 1.165) is 13.0 Å². The second-order valence-electron chi connectivity index (χ2n) is 5.40. The molecule has 3 heteroatoms. The molecule has 15 heavy (non-hydrogen) atoms. The largest absolute Gasteiger partial charge is 0.481 e. The third kappa shape index (κ3) is 2.33. The lowest BCUT2D eigenvalue weighted by molar-refractivity contribution is -0.138. The van der Waals surface area contributed by atoms with Crippen LogP contribution in [0.2, 0.25) is 0 Å². The highest BCUT2D eigenvalue weighted by Gasteiger charge is 2.47. The Morgan fingerprint density at radius 3 is 2.53 bits per heavy atom. The molecule has 1 aliphatic carbocycles. The molecule has 1 atom stereocenters. The van der Waals surface area contributed by atoms with Gasteiger partial charge < -0.3 is 10.0 Å². The van der Waals surface area contributed by atoms with Crippen LogP contribution in [-0.2, 0) is 4.79 Å². The average Bonchev–Trinajstić information content (AvgIpc) is 2.04. The maximum atomic E-state index is 10.6. The molecule has 1 heterocycles. The summed E-state index contributed by atoms with van der Waals surface area (Å²) in [6.07, 6.45) is 5.52. The molecule has 1 N–H and O–H groups in total. The Morgan fingerprint density at radius 1 is 1.47 bits per heavy atom. The monoisotopic (exact) mass is 211 g/mol. The first-order valence-corrected chi connectivity index (χ1v) is 6.08. The van der Waals surface area contributed by atoms with Crippen LogP contribution < -0.4 is 0 Å². The predicted octanol–water partition coefficient (Wildman–Crippen LogP) is 1.97. The number of carbonyl (C=O) groups is 1. The van der Waals surface area contributed by atoms with Crippen LogP contribution in [0.15, 0.2) is 0 Å². The third-order valence-corrected chi connectivity index (χ3v) is 4.09. The van der Waals surface area contributed by atoms with Crippen molar-refractivity contribution in [2.45, 2.75) is 39.0 Å². The number of aliphatic carboxylic acids is 1. The standard InChI is InChI=1S/C12H21NO2/c1-2-10(6-11(14)15)7-13-8-12(9-13)4-3-5-12/h10H,2-9H2,1H3,(H,14,15). The van der Waals surface area contributed by atoms with E-state index in [0.29, 0.717) is 17.8 Å². The first-order valence-electron chi connectivity index (χ1n) is 6.08. The van der Waals surface area contributed by atoms with Gasteiger partial charge in [-0.3, -0.25) is 4.79 Å². The van der Waals surface area contributed by atoms with Gasteiger partial charge in [-0.2, -0.15) is 0 Å². The molecule has 86 valence electrons. The van der Waals surface area contributed by atoms with E-state index in [-0.39, 0.29) is 0 Å². The molecule has 1 saturated carbocycles. The highest BCUT2D eigenvalue weighted by molar-refractivity contribution is 5.67. The molecule has 0 aromatic carbocycles. The van der Waals surface area contributed by atoms with Crippen LogP contribution in [0.5, 0.6) is 0 Å². The van der Waals surface area contributed by atoms with Crippen molar-refractivity contribution in [3.63, 3.8) is 0 Å². The van der Waals surface area contributed by atoms with E-state index < -0.39 is 5.97 Å². The molecule has 2 aliphatic rings. The molecular formula is C12H21NO2. The highest BCUT2D eigenvalue weighted by atomic mass is 16.4. The van der Waals surface area contributed by atoms with Crippen molar-refractivity contribution < 1.29 is 9.90 Å². The topological polar surface area (TPSA) is 40.5 Å². The van der Waals surface area contributed by atoms with E-state index in [4.69, 9.17) is 5.11 Å². The Hall–Kier alpha value is -0.570. The minimum absolute atomic E-state index is 0.333. The Morgan fingerprint density at radius 2 is 2.13 bits per heavy atom. The van der Waals surface area contributed by atoms with Gasteiger partial charge in [0.1, 0.15) is 0 Å². The summed E-state index contributed by atoms with van der Waals surface area (Å²) in [5.41, 5.74) is 0.668. The fourth-order valence-corrected chi connectivity index (χ4v) is 2.97. The smallest absolute Gasteiger partial charge is 0.303 e. The summed E-state index contributed by atoms with van der Waals surface area (Å²) in [7, 11) is 0. The minimum atomic E-state index is -0.652. The molecule has 0 aromatic rings. The van der Waals surface area contributed by atoms with Crippen LogP contribution in [0.1, 0.15) is 39.0 Å².